The van der Waals surface area contributed by atoms with Crippen molar-refractivity contribution in [1.82, 2.24) is 0 Å². The Kier molecular flexibility index (Phi) is 6.87. The van der Waals surface area contributed by atoms with Gasteiger partial charge in [0.1, 0.15) is 5.75 Å². The second-order valence-electron chi connectivity index (χ2n) is 5.07. The number of hydrogen-bond donors (Lipinski definition) is 1. The van der Waals surface area contributed by atoms with Crippen LogP contribution in [0.4, 0.5) is 13.2 Å². The molecule has 2 nitrogen and oxygen atoms in total. The van der Waals surface area contributed by atoms with E-state index in [2.05, 4.69) is 0 Å². The molecular weight excluding hydrogens is 299 g/mol. The van der Waals surface area contributed by atoms with E-state index in [1.165, 1.54) is 0 Å². The molecule has 0 aliphatic carbocycles. The average Bonchev–Trinajstić information content (AvgIpc) is 2.35. The maximum Gasteiger partial charge on any atom is 0.441 e. The summed E-state index contributed by atoms with van der Waals surface area (Å²) < 4.78 is 41.6. The van der Waals surface area contributed by atoms with E-state index in [0.717, 1.165) is 29.5 Å². The van der Waals surface area contributed by atoms with Gasteiger partial charge in [-0.05, 0) is 55.1 Å². The number of nitrogens with two attached hydrogens (primary N) is 1. The molecule has 0 fully saturated rings. The maximum atomic E-state index is 12.0. The summed E-state index contributed by atoms with van der Waals surface area (Å²) in [7, 11) is 0. The summed E-state index contributed by atoms with van der Waals surface area (Å²) >= 11 is -0.0625. The van der Waals surface area contributed by atoms with Gasteiger partial charge in [0.15, 0.2) is 0 Å². The highest BCUT2D eigenvalue weighted by atomic mass is 32.2. The Morgan fingerprint density at radius 1 is 1.24 bits per heavy atom. The van der Waals surface area contributed by atoms with Gasteiger partial charge in [-0.15, -0.1) is 0 Å². The third-order valence-electron chi connectivity index (χ3n) is 3.14. The summed E-state index contributed by atoms with van der Waals surface area (Å²) in [6, 6.07) is 4.11. The number of halogens is 3. The second-order valence-corrected chi connectivity index (χ2v) is 6.23. The lowest BCUT2D eigenvalue weighted by Crippen LogP contribution is -2.21. The van der Waals surface area contributed by atoms with Gasteiger partial charge in [0.25, 0.3) is 0 Å². The van der Waals surface area contributed by atoms with E-state index < -0.39 is 5.51 Å². The minimum absolute atomic E-state index is 0.0413. The lowest BCUT2D eigenvalue weighted by molar-refractivity contribution is -0.0329. The first-order chi connectivity index (χ1) is 9.73. The van der Waals surface area contributed by atoms with Gasteiger partial charge in [-0.25, -0.2) is 0 Å². The van der Waals surface area contributed by atoms with E-state index in [9.17, 15) is 13.2 Å². The van der Waals surface area contributed by atoms with E-state index >= 15 is 0 Å². The predicted molar refractivity (Wildman–Crippen MR) is 81.9 cm³/mol. The van der Waals surface area contributed by atoms with Crippen LogP contribution < -0.4 is 10.5 Å². The number of alkyl halides is 3. The van der Waals surface area contributed by atoms with Crippen molar-refractivity contribution in [2.45, 2.75) is 45.2 Å². The van der Waals surface area contributed by atoms with Crippen LogP contribution in [-0.4, -0.2) is 23.9 Å². The first-order valence-electron chi connectivity index (χ1n) is 6.92. The van der Waals surface area contributed by atoms with Gasteiger partial charge in [-0.1, -0.05) is 19.1 Å². The molecule has 0 aliphatic heterocycles. The Balaban J connectivity index is 2.63. The van der Waals surface area contributed by atoms with E-state index in [1.807, 2.05) is 32.9 Å². The average molecular weight is 321 g/mol. The molecule has 120 valence electrons. The van der Waals surface area contributed by atoms with Gasteiger partial charge < -0.3 is 10.5 Å². The predicted octanol–water partition coefficient (Wildman–Crippen LogP) is 4.22. The lowest BCUT2D eigenvalue weighted by Gasteiger charge is -2.16. The largest absolute Gasteiger partial charge is 0.492 e. The summed E-state index contributed by atoms with van der Waals surface area (Å²) in [5, 5.41) is 0. The van der Waals surface area contributed by atoms with Gasteiger partial charge in [0.2, 0.25) is 0 Å². The highest BCUT2D eigenvalue weighted by molar-refractivity contribution is 8.00. The van der Waals surface area contributed by atoms with Crippen LogP contribution >= 0.6 is 11.8 Å². The first kappa shape index (κ1) is 18.2. The molecule has 6 heteroatoms. The van der Waals surface area contributed by atoms with Crippen molar-refractivity contribution in [3.63, 3.8) is 0 Å². The van der Waals surface area contributed by atoms with Crippen molar-refractivity contribution in [2.75, 3.05) is 12.4 Å². The fraction of sp³-hybridized carbons (Fsp3) is 0.600. The van der Waals surface area contributed by atoms with E-state index in [4.69, 9.17) is 10.5 Å². The second kappa shape index (κ2) is 7.94. The van der Waals surface area contributed by atoms with Gasteiger partial charge in [0.05, 0.1) is 6.61 Å². The van der Waals surface area contributed by atoms with Crippen molar-refractivity contribution in [3.05, 3.63) is 28.8 Å². The van der Waals surface area contributed by atoms with E-state index in [0.29, 0.717) is 5.75 Å². The minimum Gasteiger partial charge on any atom is -0.492 e. The zero-order valence-electron chi connectivity index (χ0n) is 12.6. The molecule has 0 amide bonds. The van der Waals surface area contributed by atoms with Crippen LogP contribution in [0.15, 0.2) is 12.1 Å². The number of thioether (sulfide) groups is 1. The zero-order chi connectivity index (χ0) is 16.0. The Bertz CT molecular complexity index is 440. The molecule has 0 aromatic heterocycles. The van der Waals surface area contributed by atoms with Gasteiger partial charge in [0, 0.05) is 11.8 Å². The normalized spacial score (nSPS) is 13.3. The molecule has 0 spiro atoms. The highest BCUT2D eigenvalue weighted by Gasteiger charge is 2.27. The molecular formula is C15H22F3NOS. The van der Waals surface area contributed by atoms with Crippen LogP contribution in [0, 0.1) is 13.8 Å². The summed E-state index contributed by atoms with van der Waals surface area (Å²) in [6.07, 6.45) is 1.70. The van der Waals surface area contributed by atoms with Crippen LogP contribution in [-0.2, 0) is 6.42 Å². The summed E-state index contributed by atoms with van der Waals surface area (Å²) in [4.78, 5) is 0. The van der Waals surface area contributed by atoms with Gasteiger partial charge in [-0.2, -0.15) is 13.2 Å². The molecule has 0 radical (unpaired) electrons. The molecule has 1 unspecified atom stereocenters. The monoisotopic (exact) mass is 321 g/mol. The standard InChI is InChI=1S/C15H22F3NOS/c1-4-13(19)9-12-7-10(2)14(11(3)8-12)20-5-6-21-15(16,17)18/h7-8,13H,4-6,9,19H2,1-3H3. The van der Waals surface area contributed by atoms with Crippen molar-refractivity contribution in [3.8, 4) is 5.75 Å². The molecule has 1 aromatic rings. The molecule has 1 aromatic carbocycles. The van der Waals surface area contributed by atoms with Crippen molar-refractivity contribution in [2.24, 2.45) is 5.73 Å². The smallest absolute Gasteiger partial charge is 0.441 e. The van der Waals surface area contributed by atoms with Crippen LogP contribution in [0.2, 0.25) is 0 Å². The third-order valence-corrected chi connectivity index (χ3v) is 3.84. The minimum atomic E-state index is -4.20. The molecule has 0 heterocycles. The Hall–Kier alpha value is -0.880. The maximum absolute atomic E-state index is 12.0. The van der Waals surface area contributed by atoms with E-state index in [1.54, 1.807) is 0 Å². The first-order valence-corrected chi connectivity index (χ1v) is 7.90. The lowest BCUT2D eigenvalue weighted by atomic mass is 9.99. The molecule has 0 saturated carbocycles. The number of benzene rings is 1. The van der Waals surface area contributed by atoms with Crippen LogP contribution in [0.5, 0.6) is 5.75 Å². The summed E-state index contributed by atoms with van der Waals surface area (Å²) in [5.74, 6) is 0.566. The fourth-order valence-electron chi connectivity index (χ4n) is 2.13. The molecule has 2 N–H and O–H groups in total. The number of rotatable bonds is 7. The molecule has 0 bridgehead atoms. The van der Waals surface area contributed by atoms with Crippen LogP contribution in [0.25, 0.3) is 0 Å². The molecule has 0 saturated heterocycles. The Labute approximate surface area is 128 Å². The Morgan fingerprint density at radius 2 is 1.81 bits per heavy atom. The van der Waals surface area contributed by atoms with E-state index in [-0.39, 0.29) is 30.2 Å². The van der Waals surface area contributed by atoms with Crippen LogP contribution in [0.3, 0.4) is 0 Å². The Morgan fingerprint density at radius 3 is 2.29 bits per heavy atom. The van der Waals surface area contributed by atoms with Crippen molar-refractivity contribution in [1.29, 1.82) is 0 Å². The number of hydrogen-bond acceptors (Lipinski definition) is 3. The van der Waals surface area contributed by atoms with Crippen molar-refractivity contribution < 1.29 is 17.9 Å². The molecule has 1 atom stereocenters. The van der Waals surface area contributed by atoms with Gasteiger partial charge >= 0.3 is 5.51 Å². The summed E-state index contributed by atoms with van der Waals surface area (Å²) in [6.45, 7) is 5.89. The number of aryl methyl sites for hydroxylation is 2. The van der Waals surface area contributed by atoms with Crippen LogP contribution in [0.1, 0.15) is 30.0 Å². The molecule has 1 rings (SSSR count). The number of ether oxygens (including phenoxy) is 1. The zero-order valence-corrected chi connectivity index (χ0v) is 13.4. The van der Waals surface area contributed by atoms with Gasteiger partial charge in [-0.3, -0.25) is 0 Å². The highest BCUT2D eigenvalue weighted by Crippen LogP contribution is 2.30. The molecule has 21 heavy (non-hydrogen) atoms. The van der Waals surface area contributed by atoms with Crippen molar-refractivity contribution >= 4 is 11.8 Å². The third kappa shape index (κ3) is 6.61. The summed E-state index contributed by atoms with van der Waals surface area (Å²) in [5.41, 5.74) is 4.75. The topological polar surface area (TPSA) is 35.2 Å². The SMILES string of the molecule is CCC(N)Cc1cc(C)c(OCCSC(F)(F)F)c(C)c1. The molecule has 0 aliphatic rings. The quantitative estimate of drug-likeness (QED) is 0.764. The fourth-order valence-corrected chi connectivity index (χ4v) is 2.53.